The minimum absolute atomic E-state index is 0. The summed E-state index contributed by atoms with van der Waals surface area (Å²) in [5.74, 6) is -0.489. The fourth-order valence-electron chi connectivity index (χ4n) is 3.04. The number of hydrogen-bond donors (Lipinski definition) is 2. The number of amides is 3. The Labute approximate surface area is 167 Å². The van der Waals surface area contributed by atoms with Crippen molar-refractivity contribution in [3.8, 4) is 0 Å². The Hall–Kier alpha value is -2.16. The van der Waals surface area contributed by atoms with Crippen LogP contribution in [0.2, 0.25) is 0 Å². The molecule has 3 rings (SSSR count). The van der Waals surface area contributed by atoms with Crippen LogP contribution in [0, 0.1) is 6.92 Å². The van der Waals surface area contributed by atoms with Crippen molar-refractivity contribution in [1.82, 2.24) is 15.1 Å². The number of carbonyl (C=O) groups excluding carboxylic acids is 3. The summed E-state index contributed by atoms with van der Waals surface area (Å²) >= 11 is 1.52. The Morgan fingerprint density at radius 3 is 2.37 bits per heavy atom. The maximum Gasteiger partial charge on any atom is 0.264 e. The molecule has 1 aromatic heterocycles. The molecule has 0 atom stereocenters. The average molecular weight is 411 g/mol. The number of carbonyl (C=O) groups is 3. The second kappa shape index (κ2) is 9.16. The number of rotatable bonds is 4. The van der Waals surface area contributed by atoms with Crippen LogP contribution in [0.5, 0.6) is 0 Å². The van der Waals surface area contributed by atoms with Crippen molar-refractivity contribution in [2.75, 3.05) is 39.3 Å². The standard InChI is InChI=1S/C18H22N4O3S.ClH/c1-12-13-4-2-3-5-14(13)26-17(12)18(25)22-8-6-21(7-9-22)16(24)11-20-15(23)10-19;/h2-5H,6-11,19H2,1H3,(H,20,23);1H. The van der Waals surface area contributed by atoms with E-state index in [0.717, 1.165) is 20.5 Å². The van der Waals surface area contributed by atoms with Crippen LogP contribution in [0.4, 0.5) is 0 Å². The van der Waals surface area contributed by atoms with E-state index in [1.54, 1.807) is 9.80 Å². The van der Waals surface area contributed by atoms with Crippen LogP contribution < -0.4 is 11.1 Å². The molecule has 27 heavy (non-hydrogen) atoms. The number of piperazine rings is 1. The van der Waals surface area contributed by atoms with Crippen molar-refractivity contribution < 1.29 is 14.4 Å². The lowest BCUT2D eigenvalue weighted by atomic mass is 10.1. The molecule has 7 nitrogen and oxygen atoms in total. The van der Waals surface area contributed by atoms with Crippen molar-refractivity contribution >= 4 is 51.6 Å². The predicted molar refractivity (Wildman–Crippen MR) is 108 cm³/mol. The summed E-state index contributed by atoms with van der Waals surface area (Å²) in [6, 6.07) is 8.00. The van der Waals surface area contributed by atoms with Gasteiger partial charge in [-0.25, -0.2) is 0 Å². The molecule has 1 saturated heterocycles. The fourth-order valence-corrected chi connectivity index (χ4v) is 4.22. The summed E-state index contributed by atoms with van der Waals surface area (Å²) < 4.78 is 1.11. The van der Waals surface area contributed by atoms with E-state index >= 15 is 0 Å². The lowest BCUT2D eigenvalue weighted by molar-refractivity contribution is -0.133. The Kier molecular flexibility index (Phi) is 7.18. The second-order valence-corrected chi connectivity index (χ2v) is 7.26. The molecular formula is C18H23ClN4O3S. The van der Waals surface area contributed by atoms with Crippen molar-refractivity contribution in [3.05, 3.63) is 34.7 Å². The van der Waals surface area contributed by atoms with Gasteiger partial charge in [0.2, 0.25) is 11.8 Å². The maximum absolute atomic E-state index is 12.9. The summed E-state index contributed by atoms with van der Waals surface area (Å²) in [6.07, 6.45) is 0. The number of nitrogens with two attached hydrogens (primary N) is 1. The van der Waals surface area contributed by atoms with E-state index in [4.69, 9.17) is 5.73 Å². The van der Waals surface area contributed by atoms with Crippen LogP contribution in [-0.4, -0.2) is 66.8 Å². The first-order valence-corrected chi connectivity index (χ1v) is 9.35. The van der Waals surface area contributed by atoms with Gasteiger partial charge in [0.15, 0.2) is 0 Å². The summed E-state index contributed by atoms with van der Waals surface area (Å²) in [6.45, 7) is 3.70. The minimum atomic E-state index is -0.354. The largest absolute Gasteiger partial charge is 0.346 e. The van der Waals surface area contributed by atoms with Crippen LogP contribution >= 0.6 is 23.7 Å². The van der Waals surface area contributed by atoms with Crippen molar-refractivity contribution in [1.29, 1.82) is 0 Å². The van der Waals surface area contributed by atoms with Crippen LogP contribution in [0.25, 0.3) is 10.1 Å². The highest BCUT2D eigenvalue weighted by molar-refractivity contribution is 7.21. The minimum Gasteiger partial charge on any atom is -0.346 e. The van der Waals surface area contributed by atoms with Crippen LogP contribution in [0.1, 0.15) is 15.2 Å². The summed E-state index contributed by atoms with van der Waals surface area (Å²) in [5.41, 5.74) is 6.22. The quantitative estimate of drug-likeness (QED) is 0.785. The molecule has 0 radical (unpaired) electrons. The SMILES string of the molecule is Cc1c(C(=O)N2CCN(C(=O)CNC(=O)CN)CC2)sc2ccccc12.Cl. The van der Waals surface area contributed by atoms with Gasteiger partial charge in [-0.05, 0) is 23.9 Å². The molecule has 1 aliphatic rings. The van der Waals surface area contributed by atoms with E-state index in [1.165, 1.54) is 11.3 Å². The molecule has 2 aromatic rings. The number of hydrogen-bond acceptors (Lipinski definition) is 5. The van der Waals surface area contributed by atoms with Gasteiger partial charge in [-0.3, -0.25) is 14.4 Å². The highest BCUT2D eigenvalue weighted by Gasteiger charge is 2.27. The first kappa shape index (κ1) is 21.1. The van der Waals surface area contributed by atoms with E-state index in [2.05, 4.69) is 5.32 Å². The number of halogens is 1. The fraction of sp³-hybridized carbons (Fsp3) is 0.389. The van der Waals surface area contributed by atoms with Gasteiger partial charge in [0, 0.05) is 30.9 Å². The molecule has 0 spiro atoms. The third-order valence-electron chi connectivity index (χ3n) is 4.58. The lowest BCUT2D eigenvalue weighted by Crippen LogP contribution is -2.52. The van der Waals surface area contributed by atoms with E-state index in [0.29, 0.717) is 26.2 Å². The number of benzene rings is 1. The number of nitrogens with zero attached hydrogens (tertiary/aromatic N) is 2. The third-order valence-corrected chi connectivity index (χ3v) is 5.84. The van der Waals surface area contributed by atoms with Gasteiger partial charge in [0.25, 0.3) is 5.91 Å². The van der Waals surface area contributed by atoms with Gasteiger partial charge in [-0.1, -0.05) is 18.2 Å². The van der Waals surface area contributed by atoms with Gasteiger partial charge in [-0.15, -0.1) is 23.7 Å². The zero-order valence-corrected chi connectivity index (χ0v) is 16.7. The maximum atomic E-state index is 12.9. The highest BCUT2D eigenvalue weighted by Crippen LogP contribution is 2.31. The number of fused-ring (bicyclic) bond motifs is 1. The lowest BCUT2D eigenvalue weighted by Gasteiger charge is -2.34. The van der Waals surface area contributed by atoms with Crippen molar-refractivity contribution in [2.45, 2.75) is 6.92 Å². The topological polar surface area (TPSA) is 95.7 Å². The molecule has 0 saturated carbocycles. The van der Waals surface area contributed by atoms with Crippen molar-refractivity contribution in [2.24, 2.45) is 5.73 Å². The van der Waals surface area contributed by atoms with Crippen LogP contribution in [0.3, 0.4) is 0 Å². The molecule has 3 amide bonds. The van der Waals surface area contributed by atoms with E-state index in [-0.39, 0.29) is 43.2 Å². The Balaban J connectivity index is 0.00000261. The van der Waals surface area contributed by atoms with Crippen LogP contribution in [-0.2, 0) is 9.59 Å². The molecule has 9 heteroatoms. The summed E-state index contributed by atoms with van der Waals surface area (Å²) in [7, 11) is 0. The van der Waals surface area contributed by atoms with Gasteiger partial charge in [-0.2, -0.15) is 0 Å². The second-order valence-electron chi connectivity index (χ2n) is 6.21. The van der Waals surface area contributed by atoms with Gasteiger partial charge in [0.05, 0.1) is 18.0 Å². The molecule has 3 N–H and O–H groups in total. The van der Waals surface area contributed by atoms with E-state index < -0.39 is 0 Å². The van der Waals surface area contributed by atoms with Gasteiger partial charge >= 0.3 is 0 Å². The van der Waals surface area contributed by atoms with Crippen molar-refractivity contribution in [3.63, 3.8) is 0 Å². The molecular weight excluding hydrogens is 388 g/mol. The first-order chi connectivity index (χ1) is 12.5. The zero-order chi connectivity index (χ0) is 18.7. The first-order valence-electron chi connectivity index (χ1n) is 8.53. The molecule has 1 aromatic carbocycles. The number of thiophene rings is 1. The molecule has 0 bridgehead atoms. The molecule has 146 valence electrons. The molecule has 0 aliphatic carbocycles. The third kappa shape index (κ3) is 4.58. The Bertz CT molecular complexity index is 846. The highest BCUT2D eigenvalue weighted by atomic mass is 35.5. The summed E-state index contributed by atoms with van der Waals surface area (Å²) in [4.78, 5) is 40.4. The number of aryl methyl sites for hydroxylation is 1. The molecule has 1 fully saturated rings. The van der Waals surface area contributed by atoms with Gasteiger partial charge < -0.3 is 20.9 Å². The predicted octanol–water partition coefficient (Wildman–Crippen LogP) is 0.991. The molecule has 0 unspecified atom stereocenters. The Morgan fingerprint density at radius 2 is 1.74 bits per heavy atom. The Morgan fingerprint density at radius 1 is 1.11 bits per heavy atom. The monoisotopic (exact) mass is 410 g/mol. The summed E-state index contributed by atoms with van der Waals surface area (Å²) in [5, 5.41) is 3.59. The van der Waals surface area contributed by atoms with Crippen LogP contribution in [0.15, 0.2) is 24.3 Å². The van der Waals surface area contributed by atoms with Gasteiger partial charge in [0.1, 0.15) is 0 Å². The number of nitrogens with one attached hydrogen (secondary N) is 1. The molecule has 2 heterocycles. The van der Waals surface area contributed by atoms with E-state index in [1.807, 2.05) is 31.2 Å². The zero-order valence-electron chi connectivity index (χ0n) is 15.1. The van der Waals surface area contributed by atoms with E-state index in [9.17, 15) is 14.4 Å². The molecule has 1 aliphatic heterocycles. The average Bonchev–Trinajstić information content (AvgIpc) is 3.02. The smallest absolute Gasteiger partial charge is 0.264 e. The normalized spacial score (nSPS) is 14.0.